The van der Waals surface area contributed by atoms with Gasteiger partial charge in [0, 0.05) is 12.1 Å². The van der Waals surface area contributed by atoms with Gasteiger partial charge in [-0.3, -0.25) is 0 Å². The van der Waals surface area contributed by atoms with Crippen LogP contribution in [0.2, 0.25) is 0 Å². The quantitative estimate of drug-likeness (QED) is 0.681. The number of nitrogens with one attached hydrogen (secondary N) is 1. The SMILES string of the molecule is CC[C@@H](C)N[C@H]1C[C@@H]2CC[C@@H]1C2. The molecular formula is C11H21N. The minimum Gasteiger partial charge on any atom is -0.311 e. The van der Waals surface area contributed by atoms with Crippen LogP contribution in [0.5, 0.6) is 0 Å². The normalized spacial score (nSPS) is 42.0. The van der Waals surface area contributed by atoms with E-state index < -0.39 is 0 Å². The molecule has 0 spiro atoms. The summed E-state index contributed by atoms with van der Waals surface area (Å²) < 4.78 is 0. The molecule has 2 aliphatic rings. The van der Waals surface area contributed by atoms with Gasteiger partial charge in [0.15, 0.2) is 0 Å². The van der Waals surface area contributed by atoms with E-state index in [1.807, 2.05) is 0 Å². The van der Waals surface area contributed by atoms with Gasteiger partial charge in [-0.15, -0.1) is 0 Å². The standard InChI is InChI=1S/C11H21N/c1-3-8(2)12-11-7-9-4-5-10(11)6-9/h8-12H,3-7H2,1-2H3/t8-,9-,10-,11+/m1/s1. The maximum Gasteiger partial charge on any atom is 0.0100 e. The van der Waals surface area contributed by atoms with Crippen molar-refractivity contribution >= 4 is 0 Å². The van der Waals surface area contributed by atoms with Crippen LogP contribution in [-0.4, -0.2) is 12.1 Å². The molecule has 0 saturated heterocycles. The first kappa shape index (κ1) is 8.55. The summed E-state index contributed by atoms with van der Waals surface area (Å²) in [5.74, 6) is 2.11. The first-order valence-corrected chi connectivity index (χ1v) is 5.55. The molecule has 12 heavy (non-hydrogen) atoms. The molecule has 1 nitrogen and oxygen atoms in total. The third kappa shape index (κ3) is 1.52. The van der Waals surface area contributed by atoms with Crippen LogP contribution in [0.1, 0.15) is 46.0 Å². The van der Waals surface area contributed by atoms with E-state index in [1.165, 1.54) is 32.1 Å². The van der Waals surface area contributed by atoms with Gasteiger partial charge in [-0.1, -0.05) is 13.3 Å². The Balaban J connectivity index is 1.82. The molecule has 2 rings (SSSR count). The highest BCUT2D eigenvalue weighted by molar-refractivity contribution is 4.94. The molecule has 0 aromatic rings. The predicted octanol–water partition coefficient (Wildman–Crippen LogP) is 2.56. The lowest BCUT2D eigenvalue weighted by Crippen LogP contribution is -2.39. The summed E-state index contributed by atoms with van der Waals surface area (Å²) in [5, 5.41) is 3.76. The lowest BCUT2D eigenvalue weighted by molar-refractivity contribution is 0.321. The summed E-state index contributed by atoms with van der Waals surface area (Å²) in [6.45, 7) is 4.58. The van der Waals surface area contributed by atoms with Gasteiger partial charge in [0.05, 0.1) is 0 Å². The minimum atomic E-state index is 0.731. The summed E-state index contributed by atoms with van der Waals surface area (Å²) in [4.78, 5) is 0. The van der Waals surface area contributed by atoms with Gasteiger partial charge in [0.1, 0.15) is 0 Å². The van der Waals surface area contributed by atoms with E-state index in [2.05, 4.69) is 19.2 Å². The van der Waals surface area contributed by atoms with Crippen molar-refractivity contribution in [3.8, 4) is 0 Å². The zero-order chi connectivity index (χ0) is 8.55. The second-order valence-electron chi connectivity index (χ2n) is 4.76. The first-order chi connectivity index (χ1) is 5.79. The van der Waals surface area contributed by atoms with Crippen LogP contribution in [0.25, 0.3) is 0 Å². The average molecular weight is 167 g/mol. The Bertz CT molecular complexity index is 155. The van der Waals surface area contributed by atoms with Crippen LogP contribution in [0.4, 0.5) is 0 Å². The molecule has 0 aliphatic heterocycles. The van der Waals surface area contributed by atoms with Gasteiger partial charge < -0.3 is 5.32 Å². The number of fused-ring (bicyclic) bond motifs is 2. The van der Waals surface area contributed by atoms with Crippen molar-refractivity contribution in [3.63, 3.8) is 0 Å². The smallest absolute Gasteiger partial charge is 0.0100 e. The van der Waals surface area contributed by atoms with Crippen LogP contribution in [0.3, 0.4) is 0 Å². The maximum absolute atomic E-state index is 3.76. The molecule has 0 amide bonds. The van der Waals surface area contributed by atoms with Gasteiger partial charge in [-0.2, -0.15) is 0 Å². The number of rotatable bonds is 3. The molecule has 0 aromatic carbocycles. The van der Waals surface area contributed by atoms with E-state index >= 15 is 0 Å². The lowest BCUT2D eigenvalue weighted by atomic mass is 9.94. The Labute approximate surface area is 75.9 Å². The fourth-order valence-electron chi connectivity index (χ4n) is 2.93. The third-order valence-electron chi connectivity index (χ3n) is 3.85. The van der Waals surface area contributed by atoms with Gasteiger partial charge >= 0.3 is 0 Å². The Morgan fingerprint density at radius 3 is 2.67 bits per heavy atom. The zero-order valence-electron chi connectivity index (χ0n) is 8.34. The van der Waals surface area contributed by atoms with Crippen LogP contribution in [0.15, 0.2) is 0 Å². The van der Waals surface area contributed by atoms with Crippen molar-refractivity contribution in [2.75, 3.05) is 0 Å². The number of hydrogen-bond acceptors (Lipinski definition) is 1. The summed E-state index contributed by atoms with van der Waals surface area (Å²) in [6, 6.07) is 1.60. The maximum atomic E-state index is 3.76. The molecule has 4 atom stereocenters. The second-order valence-corrected chi connectivity index (χ2v) is 4.76. The van der Waals surface area contributed by atoms with E-state index in [4.69, 9.17) is 0 Å². The Morgan fingerprint density at radius 1 is 1.33 bits per heavy atom. The Kier molecular flexibility index (Phi) is 2.40. The molecule has 2 aliphatic carbocycles. The minimum absolute atomic E-state index is 0.731. The highest BCUT2D eigenvalue weighted by atomic mass is 15.0. The molecule has 1 heteroatoms. The van der Waals surface area contributed by atoms with Crippen LogP contribution in [0, 0.1) is 11.8 Å². The molecule has 2 bridgehead atoms. The Morgan fingerprint density at radius 2 is 2.17 bits per heavy atom. The molecule has 0 aromatic heterocycles. The lowest BCUT2D eigenvalue weighted by Gasteiger charge is -2.26. The summed E-state index contributed by atoms with van der Waals surface area (Å²) >= 11 is 0. The topological polar surface area (TPSA) is 12.0 Å². The zero-order valence-corrected chi connectivity index (χ0v) is 8.34. The summed E-state index contributed by atoms with van der Waals surface area (Å²) in [7, 11) is 0. The van der Waals surface area contributed by atoms with Crippen LogP contribution >= 0.6 is 0 Å². The predicted molar refractivity (Wildman–Crippen MR) is 52.1 cm³/mol. The highest BCUT2D eigenvalue weighted by Gasteiger charge is 2.39. The van der Waals surface area contributed by atoms with Gasteiger partial charge in [0.2, 0.25) is 0 Å². The van der Waals surface area contributed by atoms with E-state index in [9.17, 15) is 0 Å². The summed E-state index contributed by atoms with van der Waals surface area (Å²) in [6.07, 6.45) is 7.28. The van der Waals surface area contributed by atoms with Crippen molar-refractivity contribution in [2.45, 2.75) is 58.0 Å². The molecular weight excluding hydrogens is 146 g/mol. The van der Waals surface area contributed by atoms with E-state index in [0.717, 1.165) is 23.9 Å². The third-order valence-corrected chi connectivity index (χ3v) is 3.85. The molecule has 0 heterocycles. The van der Waals surface area contributed by atoms with Crippen molar-refractivity contribution in [1.29, 1.82) is 0 Å². The average Bonchev–Trinajstić information content (AvgIpc) is 2.64. The van der Waals surface area contributed by atoms with Gasteiger partial charge in [-0.25, -0.2) is 0 Å². The Hall–Kier alpha value is -0.0400. The monoisotopic (exact) mass is 167 g/mol. The molecule has 0 unspecified atom stereocenters. The van der Waals surface area contributed by atoms with Crippen LogP contribution in [-0.2, 0) is 0 Å². The largest absolute Gasteiger partial charge is 0.311 e. The highest BCUT2D eigenvalue weighted by Crippen LogP contribution is 2.44. The van der Waals surface area contributed by atoms with Gasteiger partial charge in [-0.05, 0) is 44.4 Å². The molecule has 2 saturated carbocycles. The van der Waals surface area contributed by atoms with E-state index in [-0.39, 0.29) is 0 Å². The summed E-state index contributed by atoms with van der Waals surface area (Å²) in [5.41, 5.74) is 0. The van der Waals surface area contributed by atoms with Crippen LogP contribution < -0.4 is 5.32 Å². The van der Waals surface area contributed by atoms with Crippen molar-refractivity contribution in [2.24, 2.45) is 11.8 Å². The first-order valence-electron chi connectivity index (χ1n) is 5.55. The van der Waals surface area contributed by atoms with Gasteiger partial charge in [0.25, 0.3) is 0 Å². The fraction of sp³-hybridized carbons (Fsp3) is 1.00. The number of hydrogen-bond donors (Lipinski definition) is 1. The van der Waals surface area contributed by atoms with Crippen molar-refractivity contribution in [3.05, 3.63) is 0 Å². The van der Waals surface area contributed by atoms with Crippen molar-refractivity contribution in [1.82, 2.24) is 5.32 Å². The van der Waals surface area contributed by atoms with E-state index in [0.29, 0.717) is 0 Å². The molecule has 1 N–H and O–H groups in total. The molecule has 2 fully saturated rings. The molecule has 70 valence electrons. The molecule has 0 radical (unpaired) electrons. The fourth-order valence-corrected chi connectivity index (χ4v) is 2.93. The van der Waals surface area contributed by atoms with E-state index in [1.54, 1.807) is 0 Å². The van der Waals surface area contributed by atoms with Crippen molar-refractivity contribution < 1.29 is 0 Å². The second kappa shape index (κ2) is 3.37.